The summed E-state index contributed by atoms with van der Waals surface area (Å²) in [5.41, 5.74) is 7.96. The third-order valence-corrected chi connectivity index (χ3v) is 4.41. The number of carbonyl (C=O) groups is 1. The number of benzene rings is 2. The van der Waals surface area contributed by atoms with Crippen LogP contribution in [0.1, 0.15) is 6.42 Å². The van der Waals surface area contributed by atoms with Gasteiger partial charge in [0, 0.05) is 44.0 Å². The first-order chi connectivity index (χ1) is 12.7. The maximum Gasteiger partial charge on any atom is 0.224 e. The quantitative estimate of drug-likeness (QED) is 0.393. The Morgan fingerprint density at radius 3 is 2.19 bits per heavy atom. The van der Waals surface area contributed by atoms with Crippen LogP contribution in [0.25, 0.3) is 0 Å². The van der Waals surface area contributed by atoms with Gasteiger partial charge in [0.1, 0.15) is 0 Å². The van der Waals surface area contributed by atoms with Gasteiger partial charge in [0.15, 0.2) is 5.96 Å². The number of piperazine rings is 1. The van der Waals surface area contributed by atoms with Crippen LogP contribution in [0.15, 0.2) is 65.7 Å². The van der Waals surface area contributed by atoms with Crippen molar-refractivity contribution in [3.8, 4) is 0 Å². The second kappa shape index (κ2) is 10.8. The van der Waals surface area contributed by atoms with Crippen molar-refractivity contribution in [2.24, 2.45) is 10.7 Å². The molecule has 0 aromatic heterocycles. The monoisotopic (exact) mass is 479 g/mol. The van der Waals surface area contributed by atoms with Gasteiger partial charge in [-0.3, -0.25) is 9.79 Å². The van der Waals surface area contributed by atoms with Gasteiger partial charge in [-0.05, 0) is 24.3 Å². The largest absolute Gasteiger partial charge is 0.370 e. The summed E-state index contributed by atoms with van der Waals surface area (Å²) >= 11 is 0. The van der Waals surface area contributed by atoms with E-state index in [0.29, 0.717) is 18.9 Å². The highest BCUT2D eigenvalue weighted by molar-refractivity contribution is 14.0. The van der Waals surface area contributed by atoms with Crippen molar-refractivity contribution in [2.45, 2.75) is 6.42 Å². The van der Waals surface area contributed by atoms with Crippen LogP contribution in [-0.4, -0.2) is 49.5 Å². The van der Waals surface area contributed by atoms with Crippen LogP contribution < -0.4 is 16.0 Å². The topological polar surface area (TPSA) is 74.0 Å². The summed E-state index contributed by atoms with van der Waals surface area (Å²) < 4.78 is 0. The van der Waals surface area contributed by atoms with E-state index in [1.807, 2.05) is 53.4 Å². The summed E-state index contributed by atoms with van der Waals surface area (Å²) in [5, 5.41) is 3.02. The number of nitrogens with zero attached hydrogens (tertiary/aromatic N) is 3. The van der Waals surface area contributed by atoms with Crippen molar-refractivity contribution in [2.75, 3.05) is 42.9 Å². The number of aliphatic imine (C=N–C) groups is 1. The number of halogens is 1. The predicted octanol–water partition coefficient (Wildman–Crippen LogP) is 2.77. The molecule has 1 amide bonds. The molecule has 0 saturated carbocycles. The van der Waals surface area contributed by atoms with Crippen LogP contribution in [0.5, 0.6) is 0 Å². The molecule has 0 atom stereocenters. The third-order valence-electron chi connectivity index (χ3n) is 4.41. The number of guanidine groups is 1. The van der Waals surface area contributed by atoms with E-state index in [2.05, 4.69) is 27.3 Å². The summed E-state index contributed by atoms with van der Waals surface area (Å²) in [6.07, 6.45) is 0.377. The molecule has 1 aliphatic heterocycles. The molecule has 2 aromatic rings. The highest BCUT2D eigenvalue weighted by Crippen LogP contribution is 2.15. The molecule has 0 radical (unpaired) electrons. The molecule has 0 aliphatic carbocycles. The highest BCUT2D eigenvalue weighted by Gasteiger charge is 2.20. The number of carbonyl (C=O) groups excluding carboxylic acids is 1. The lowest BCUT2D eigenvalue weighted by molar-refractivity contribution is -0.131. The summed E-state index contributed by atoms with van der Waals surface area (Å²) in [6, 6.07) is 19.9. The van der Waals surface area contributed by atoms with Crippen molar-refractivity contribution in [3.05, 3.63) is 60.7 Å². The lowest BCUT2D eigenvalue weighted by atomic mass is 10.2. The van der Waals surface area contributed by atoms with Crippen molar-refractivity contribution in [1.29, 1.82) is 0 Å². The van der Waals surface area contributed by atoms with Crippen LogP contribution in [0.2, 0.25) is 0 Å². The molecule has 144 valence electrons. The van der Waals surface area contributed by atoms with E-state index in [4.69, 9.17) is 5.73 Å². The van der Waals surface area contributed by atoms with E-state index >= 15 is 0 Å². The second-order valence-electron chi connectivity index (χ2n) is 6.21. The Morgan fingerprint density at radius 1 is 0.963 bits per heavy atom. The van der Waals surface area contributed by atoms with Crippen molar-refractivity contribution >= 4 is 47.2 Å². The number of nitrogens with two attached hydrogens (primary N) is 1. The third kappa shape index (κ3) is 6.42. The Labute approximate surface area is 177 Å². The molecular weight excluding hydrogens is 453 g/mol. The first-order valence-corrected chi connectivity index (χ1v) is 8.92. The Morgan fingerprint density at radius 2 is 1.56 bits per heavy atom. The first kappa shape index (κ1) is 21.0. The molecule has 27 heavy (non-hydrogen) atoms. The first-order valence-electron chi connectivity index (χ1n) is 8.92. The van der Waals surface area contributed by atoms with Crippen LogP contribution in [0.4, 0.5) is 11.4 Å². The second-order valence-corrected chi connectivity index (χ2v) is 6.21. The van der Waals surface area contributed by atoms with Gasteiger partial charge in [-0.2, -0.15) is 0 Å². The molecule has 0 bridgehead atoms. The summed E-state index contributed by atoms with van der Waals surface area (Å²) in [6.45, 7) is 3.60. The number of nitrogens with one attached hydrogen (secondary N) is 1. The van der Waals surface area contributed by atoms with Crippen LogP contribution in [0, 0.1) is 0 Å². The zero-order valence-electron chi connectivity index (χ0n) is 15.3. The SMILES string of the molecule is I.NC(=NCCC(=O)N1CCN(c2ccccc2)CC1)Nc1ccccc1. The van der Waals surface area contributed by atoms with Gasteiger partial charge < -0.3 is 20.9 Å². The zero-order valence-corrected chi connectivity index (χ0v) is 17.6. The average Bonchev–Trinajstić information content (AvgIpc) is 2.69. The molecule has 3 rings (SSSR count). The van der Waals surface area contributed by atoms with Crippen LogP contribution in [0.3, 0.4) is 0 Å². The molecule has 6 nitrogen and oxygen atoms in total. The summed E-state index contributed by atoms with van der Waals surface area (Å²) in [7, 11) is 0. The number of hydrogen-bond donors (Lipinski definition) is 2. The van der Waals surface area contributed by atoms with Crippen LogP contribution in [-0.2, 0) is 4.79 Å². The standard InChI is InChI=1S/C20H25N5O.HI/c21-20(23-17-7-3-1-4-8-17)22-12-11-19(26)25-15-13-24(14-16-25)18-9-5-2-6-10-18;/h1-10H,11-16H2,(H3,21,22,23);1H. The molecule has 0 spiro atoms. The van der Waals surface area contributed by atoms with Gasteiger partial charge in [0.25, 0.3) is 0 Å². The molecule has 1 heterocycles. The fraction of sp³-hybridized carbons (Fsp3) is 0.300. The number of hydrogen-bond acceptors (Lipinski definition) is 3. The van der Waals surface area contributed by atoms with Crippen molar-refractivity contribution in [3.63, 3.8) is 0 Å². The summed E-state index contributed by atoms with van der Waals surface area (Å²) in [5.74, 6) is 0.465. The maximum absolute atomic E-state index is 12.4. The van der Waals surface area contributed by atoms with Gasteiger partial charge in [0.05, 0.1) is 6.54 Å². The highest BCUT2D eigenvalue weighted by atomic mass is 127. The van der Waals surface area contributed by atoms with E-state index in [9.17, 15) is 4.79 Å². The van der Waals surface area contributed by atoms with Crippen molar-refractivity contribution < 1.29 is 4.79 Å². The minimum Gasteiger partial charge on any atom is -0.370 e. The molecule has 1 saturated heterocycles. The Hall–Kier alpha value is -2.29. The van der Waals surface area contributed by atoms with E-state index < -0.39 is 0 Å². The van der Waals surface area contributed by atoms with Crippen molar-refractivity contribution in [1.82, 2.24) is 4.90 Å². The Balaban J connectivity index is 0.00000261. The smallest absolute Gasteiger partial charge is 0.224 e. The Kier molecular flexibility index (Phi) is 8.38. The molecule has 0 unspecified atom stereocenters. The number of anilines is 2. The van der Waals surface area contributed by atoms with E-state index in [-0.39, 0.29) is 29.9 Å². The Bertz CT molecular complexity index is 731. The summed E-state index contributed by atoms with van der Waals surface area (Å²) in [4.78, 5) is 20.8. The van der Waals surface area contributed by atoms with Gasteiger partial charge >= 0.3 is 0 Å². The number of amides is 1. The molecule has 7 heteroatoms. The van der Waals surface area contributed by atoms with E-state index in [1.165, 1.54) is 5.69 Å². The molecule has 2 aromatic carbocycles. The van der Waals surface area contributed by atoms with Gasteiger partial charge in [-0.25, -0.2) is 0 Å². The molecule has 3 N–H and O–H groups in total. The molecule has 1 fully saturated rings. The minimum absolute atomic E-state index is 0. The average molecular weight is 479 g/mol. The normalized spacial score (nSPS) is 14.4. The predicted molar refractivity (Wildman–Crippen MR) is 122 cm³/mol. The van der Waals surface area contributed by atoms with Gasteiger partial charge in [-0.15, -0.1) is 24.0 Å². The minimum atomic E-state index is 0. The molecular formula is C20H26IN5O. The lowest BCUT2D eigenvalue weighted by Crippen LogP contribution is -2.48. The number of para-hydroxylation sites is 2. The lowest BCUT2D eigenvalue weighted by Gasteiger charge is -2.36. The number of rotatable bonds is 5. The van der Waals surface area contributed by atoms with Gasteiger partial charge in [-0.1, -0.05) is 36.4 Å². The van der Waals surface area contributed by atoms with E-state index in [0.717, 1.165) is 31.9 Å². The zero-order chi connectivity index (χ0) is 18.2. The maximum atomic E-state index is 12.4. The fourth-order valence-electron chi connectivity index (χ4n) is 2.99. The van der Waals surface area contributed by atoms with Gasteiger partial charge in [0.2, 0.25) is 5.91 Å². The fourth-order valence-corrected chi connectivity index (χ4v) is 2.99. The van der Waals surface area contributed by atoms with Crippen LogP contribution >= 0.6 is 24.0 Å². The van der Waals surface area contributed by atoms with E-state index in [1.54, 1.807) is 0 Å². The molecule has 1 aliphatic rings.